The molecule has 246 valence electrons. The predicted octanol–water partition coefficient (Wildman–Crippen LogP) is 13.3. The molecule has 0 atom stereocenters. The van der Waals surface area contributed by atoms with Crippen molar-refractivity contribution in [2.24, 2.45) is 0 Å². The Bertz CT molecular complexity index is 2360. The summed E-state index contributed by atoms with van der Waals surface area (Å²) in [6.07, 6.45) is 7.81. The molecule has 2 aliphatic rings. The summed E-state index contributed by atoms with van der Waals surface area (Å²) >= 11 is 3.64. The van der Waals surface area contributed by atoms with E-state index in [4.69, 9.17) is 9.97 Å². The van der Waals surface area contributed by atoms with Gasteiger partial charge in [-0.1, -0.05) is 108 Å². The molecule has 52 heavy (non-hydrogen) atoms. The fourth-order valence-corrected chi connectivity index (χ4v) is 9.36. The molecule has 2 aromatic heterocycles. The summed E-state index contributed by atoms with van der Waals surface area (Å²) in [6.45, 7) is 0. The highest BCUT2D eigenvalue weighted by Gasteiger charge is 2.28. The Morgan fingerprint density at radius 1 is 0.308 bits per heavy atom. The zero-order valence-electron chi connectivity index (χ0n) is 27.9. The number of aromatic nitrogens is 2. The van der Waals surface area contributed by atoms with E-state index in [1.165, 1.54) is 42.3 Å². The van der Waals surface area contributed by atoms with Crippen molar-refractivity contribution in [2.45, 2.75) is 19.6 Å². The zero-order valence-corrected chi connectivity index (χ0v) is 29.6. The molecule has 0 unspecified atom stereocenters. The van der Waals surface area contributed by atoms with E-state index in [-0.39, 0.29) is 0 Å². The average molecular weight is 703 g/mol. The molecule has 0 saturated carbocycles. The lowest BCUT2D eigenvalue weighted by molar-refractivity contribution is 1.16. The Labute approximate surface area is 311 Å². The van der Waals surface area contributed by atoms with Crippen LogP contribution < -0.4 is 9.80 Å². The van der Waals surface area contributed by atoms with Crippen molar-refractivity contribution in [3.63, 3.8) is 0 Å². The third kappa shape index (κ3) is 5.27. The highest BCUT2D eigenvalue weighted by Crippen LogP contribution is 2.54. The lowest BCUT2D eigenvalue weighted by atomic mass is 9.98. The molecule has 10 rings (SSSR count). The average Bonchev–Trinajstić information content (AvgIpc) is 3.22. The van der Waals surface area contributed by atoms with E-state index in [0.29, 0.717) is 0 Å². The summed E-state index contributed by atoms with van der Waals surface area (Å²) in [4.78, 5) is 19.3. The van der Waals surface area contributed by atoms with Crippen LogP contribution in [0.5, 0.6) is 0 Å². The van der Waals surface area contributed by atoms with E-state index >= 15 is 0 Å². The van der Waals surface area contributed by atoms with Gasteiger partial charge in [-0.2, -0.15) is 0 Å². The highest BCUT2D eigenvalue weighted by molar-refractivity contribution is 8.00. The third-order valence-corrected chi connectivity index (χ3v) is 11.8. The normalized spacial score (nSPS) is 12.8. The molecule has 0 radical (unpaired) electrons. The van der Waals surface area contributed by atoms with Gasteiger partial charge in [-0.05, 0) is 72.8 Å². The summed E-state index contributed by atoms with van der Waals surface area (Å²) in [5.41, 5.74) is 13.3. The maximum Gasteiger partial charge on any atom is 0.0601 e. The fourth-order valence-electron chi connectivity index (χ4n) is 7.24. The van der Waals surface area contributed by atoms with Crippen molar-refractivity contribution < 1.29 is 0 Å². The SMILES string of the molecule is c1ccc2c(c1)Sc1ccccc1N2c1ccccc1-c1cncc(-c2cncc(-c3ccccc3N3c4ccccc4Sc4ccccc43)c2)c1. The largest absolute Gasteiger partial charge is 0.308 e. The molecule has 4 nitrogen and oxygen atoms in total. The fraction of sp³-hybridized carbons (Fsp3) is 0. The van der Waals surface area contributed by atoms with Crippen molar-refractivity contribution in [1.29, 1.82) is 0 Å². The second kappa shape index (κ2) is 12.9. The Hall–Kier alpha value is -6.08. The van der Waals surface area contributed by atoms with Crippen molar-refractivity contribution in [3.8, 4) is 33.4 Å². The van der Waals surface area contributed by atoms with Crippen LogP contribution in [-0.4, -0.2) is 9.97 Å². The molecule has 0 spiro atoms. The highest BCUT2D eigenvalue weighted by atomic mass is 32.2. The lowest BCUT2D eigenvalue weighted by Crippen LogP contribution is -2.15. The second-order valence-electron chi connectivity index (χ2n) is 12.7. The van der Waals surface area contributed by atoms with Crippen LogP contribution >= 0.6 is 23.5 Å². The predicted molar refractivity (Wildman–Crippen MR) is 216 cm³/mol. The first kappa shape index (κ1) is 30.7. The van der Waals surface area contributed by atoms with E-state index in [1.54, 1.807) is 0 Å². The van der Waals surface area contributed by atoms with Crippen LogP contribution in [0.1, 0.15) is 0 Å². The first-order valence-corrected chi connectivity index (χ1v) is 18.8. The molecule has 4 heterocycles. The first-order chi connectivity index (χ1) is 25.8. The minimum absolute atomic E-state index is 1.01. The summed E-state index contributed by atoms with van der Waals surface area (Å²) in [5.74, 6) is 0. The summed E-state index contributed by atoms with van der Waals surface area (Å²) in [5, 5.41) is 0. The van der Waals surface area contributed by atoms with Gasteiger partial charge in [0.25, 0.3) is 0 Å². The zero-order chi connectivity index (χ0) is 34.4. The minimum atomic E-state index is 1.01. The Balaban J connectivity index is 1.06. The number of pyridine rings is 2. The summed E-state index contributed by atoms with van der Waals surface area (Å²) in [6, 6.07) is 56.3. The van der Waals surface area contributed by atoms with Crippen LogP contribution in [0.15, 0.2) is 202 Å². The van der Waals surface area contributed by atoms with Crippen LogP contribution in [0.25, 0.3) is 33.4 Å². The van der Waals surface area contributed by atoms with Crippen molar-refractivity contribution in [1.82, 2.24) is 9.97 Å². The van der Waals surface area contributed by atoms with Gasteiger partial charge in [0.05, 0.1) is 34.1 Å². The molecule has 2 aliphatic heterocycles. The van der Waals surface area contributed by atoms with E-state index in [1.807, 2.05) is 48.3 Å². The van der Waals surface area contributed by atoms with Gasteiger partial charge in [-0.25, -0.2) is 0 Å². The van der Waals surface area contributed by atoms with Crippen LogP contribution in [0.3, 0.4) is 0 Å². The third-order valence-electron chi connectivity index (χ3n) is 9.59. The van der Waals surface area contributed by atoms with Crippen LogP contribution in [0.4, 0.5) is 34.1 Å². The molecule has 0 aliphatic carbocycles. The molecule has 0 bridgehead atoms. The second-order valence-corrected chi connectivity index (χ2v) is 14.9. The molecule has 0 amide bonds. The smallest absolute Gasteiger partial charge is 0.0601 e. The van der Waals surface area contributed by atoms with Gasteiger partial charge >= 0.3 is 0 Å². The molecule has 0 N–H and O–H groups in total. The van der Waals surface area contributed by atoms with Crippen molar-refractivity contribution >= 4 is 57.6 Å². The maximum absolute atomic E-state index is 4.79. The van der Waals surface area contributed by atoms with E-state index in [2.05, 4.69) is 168 Å². The monoisotopic (exact) mass is 702 g/mol. The molecule has 0 saturated heterocycles. The standard InChI is InChI=1S/C46H30N4S2/c1-3-15-37(49-39-17-5-9-21-43(39)51-44-22-10-6-18-40(44)49)35(13-1)33-25-31(27-47-29-33)32-26-34(30-48-28-32)36-14-2-4-16-38(36)50-41-19-7-11-23-45(41)52-46-24-12-8-20-42(46)50/h1-30H. The number of benzene rings is 6. The van der Waals surface area contributed by atoms with Gasteiger partial charge in [0, 0.05) is 77.8 Å². The van der Waals surface area contributed by atoms with Gasteiger partial charge in [-0.3, -0.25) is 9.97 Å². The topological polar surface area (TPSA) is 32.3 Å². The van der Waals surface area contributed by atoms with Crippen LogP contribution in [-0.2, 0) is 0 Å². The molecular weight excluding hydrogens is 673 g/mol. The lowest BCUT2D eigenvalue weighted by Gasteiger charge is -2.34. The Morgan fingerprint density at radius 2 is 0.596 bits per heavy atom. The molecule has 6 aromatic carbocycles. The summed E-state index contributed by atoms with van der Waals surface area (Å²) < 4.78 is 0. The van der Waals surface area contributed by atoms with E-state index in [0.717, 1.165) is 44.8 Å². The number of fused-ring (bicyclic) bond motifs is 4. The van der Waals surface area contributed by atoms with Gasteiger partial charge in [0.2, 0.25) is 0 Å². The number of anilines is 6. The minimum Gasteiger partial charge on any atom is -0.308 e. The number of hydrogen-bond acceptors (Lipinski definition) is 6. The van der Waals surface area contributed by atoms with Crippen molar-refractivity contribution in [2.75, 3.05) is 9.80 Å². The maximum atomic E-state index is 4.79. The quantitative estimate of drug-likeness (QED) is 0.178. The molecule has 6 heteroatoms. The Morgan fingerprint density at radius 3 is 0.962 bits per heavy atom. The first-order valence-electron chi connectivity index (χ1n) is 17.2. The Kier molecular flexibility index (Phi) is 7.63. The van der Waals surface area contributed by atoms with Gasteiger partial charge in [-0.15, -0.1) is 0 Å². The van der Waals surface area contributed by atoms with Gasteiger partial charge in [0.1, 0.15) is 0 Å². The van der Waals surface area contributed by atoms with Crippen molar-refractivity contribution in [3.05, 3.63) is 183 Å². The van der Waals surface area contributed by atoms with E-state index in [9.17, 15) is 0 Å². The number of nitrogens with zero attached hydrogens (tertiary/aromatic N) is 4. The van der Waals surface area contributed by atoms with Gasteiger partial charge in [0.15, 0.2) is 0 Å². The van der Waals surface area contributed by atoms with Crippen LogP contribution in [0.2, 0.25) is 0 Å². The van der Waals surface area contributed by atoms with E-state index < -0.39 is 0 Å². The molecule has 8 aromatic rings. The van der Waals surface area contributed by atoms with Gasteiger partial charge < -0.3 is 9.80 Å². The number of para-hydroxylation sites is 6. The molecule has 0 fully saturated rings. The number of hydrogen-bond donors (Lipinski definition) is 0. The number of rotatable bonds is 5. The van der Waals surface area contributed by atoms with Crippen LogP contribution in [0, 0.1) is 0 Å². The molecular formula is C46H30N4S2. The summed E-state index contributed by atoms with van der Waals surface area (Å²) in [7, 11) is 0.